The molecule has 2 amide bonds. The van der Waals surface area contributed by atoms with E-state index in [0.29, 0.717) is 11.5 Å². The largest absolute Gasteiger partial charge is 0.480 e. The first kappa shape index (κ1) is 28.2. The second-order valence-electron chi connectivity index (χ2n) is 8.30. The number of carbonyl (C=O) groups is 4. The molecule has 0 bridgehead atoms. The van der Waals surface area contributed by atoms with Crippen molar-refractivity contribution in [2.45, 2.75) is 77.7 Å². The van der Waals surface area contributed by atoms with Gasteiger partial charge in [0, 0.05) is 11.5 Å². The lowest BCUT2D eigenvalue weighted by Gasteiger charge is -2.22. The monoisotopic (exact) mass is 468 g/mol. The van der Waals surface area contributed by atoms with Crippen molar-refractivity contribution in [2.24, 2.45) is 0 Å². The summed E-state index contributed by atoms with van der Waals surface area (Å²) in [5.74, 6) is -1.51. The fourth-order valence-electron chi connectivity index (χ4n) is 1.86. The highest BCUT2D eigenvalue weighted by Gasteiger charge is 2.25. The highest BCUT2D eigenvalue weighted by molar-refractivity contribution is 8.76. The summed E-state index contributed by atoms with van der Waals surface area (Å²) in [6.07, 6.45) is -1.26. The summed E-state index contributed by atoms with van der Waals surface area (Å²) < 4.78 is 10.1. The molecular weight excluding hydrogens is 436 g/mol. The van der Waals surface area contributed by atoms with E-state index in [2.05, 4.69) is 10.6 Å². The van der Waals surface area contributed by atoms with Crippen molar-refractivity contribution >= 4 is 45.7 Å². The number of alkyl carbamates (subject to hydrolysis) is 2. The third-order valence-corrected chi connectivity index (χ3v) is 5.51. The maximum absolute atomic E-state index is 11.7. The molecule has 30 heavy (non-hydrogen) atoms. The van der Waals surface area contributed by atoms with Gasteiger partial charge >= 0.3 is 24.1 Å². The van der Waals surface area contributed by atoms with Gasteiger partial charge in [-0.25, -0.2) is 19.2 Å². The van der Waals surface area contributed by atoms with Crippen molar-refractivity contribution in [3.8, 4) is 0 Å². The summed E-state index contributed by atoms with van der Waals surface area (Å²) in [7, 11) is 2.69. The Balaban J connectivity index is 4.28. The number of carboxylic acid groups (broad SMARTS) is 2. The predicted molar refractivity (Wildman–Crippen MR) is 116 cm³/mol. The van der Waals surface area contributed by atoms with Gasteiger partial charge in [0.2, 0.25) is 0 Å². The Morgan fingerprint density at radius 2 is 1.03 bits per heavy atom. The van der Waals surface area contributed by atoms with Crippen LogP contribution in [0.5, 0.6) is 0 Å². The van der Waals surface area contributed by atoms with Crippen molar-refractivity contribution in [1.82, 2.24) is 10.6 Å². The summed E-state index contributed by atoms with van der Waals surface area (Å²) in [4.78, 5) is 46.0. The lowest BCUT2D eigenvalue weighted by atomic mass is 10.2. The van der Waals surface area contributed by atoms with E-state index in [1.807, 2.05) is 0 Å². The zero-order valence-corrected chi connectivity index (χ0v) is 19.8. The first-order chi connectivity index (χ1) is 13.6. The molecule has 0 radical (unpaired) electrons. The molecule has 0 unspecified atom stereocenters. The molecule has 0 saturated heterocycles. The number of carboxylic acids is 2. The molecule has 0 saturated carbocycles. The first-order valence-corrected chi connectivity index (χ1v) is 11.8. The molecule has 0 aromatic rings. The van der Waals surface area contributed by atoms with Crippen molar-refractivity contribution in [2.75, 3.05) is 11.5 Å². The van der Waals surface area contributed by atoms with Crippen molar-refractivity contribution < 1.29 is 38.9 Å². The average molecular weight is 469 g/mol. The number of hydrogen-bond acceptors (Lipinski definition) is 8. The van der Waals surface area contributed by atoms with Gasteiger partial charge in [0.05, 0.1) is 0 Å². The van der Waals surface area contributed by atoms with Crippen molar-refractivity contribution in [3.05, 3.63) is 0 Å². The molecule has 0 aliphatic heterocycles. The van der Waals surface area contributed by atoms with Crippen LogP contribution >= 0.6 is 21.6 Å². The molecule has 0 rings (SSSR count). The number of amides is 2. The maximum Gasteiger partial charge on any atom is 0.408 e. The zero-order valence-electron chi connectivity index (χ0n) is 18.1. The Bertz CT molecular complexity index is 550. The van der Waals surface area contributed by atoms with E-state index in [1.54, 1.807) is 41.5 Å². The van der Waals surface area contributed by atoms with E-state index in [4.69, 9.17) is 9.47 Å². The van der Waals surface area contributed by atoms with Gasteiger partial charge in [0.25, 0.3) is 0 Å². The van der Waals surface area contributed by atoms with Crippen LogP contribution in [0.2, 0.25) is 0 Å². The number of ether oxygens (including phenoxy) is 2. The Hall–Kier alpha value is -1.82. The fraction of sp³-hybridized carbons (Fsp3) is 0.778. The van der Waals surface area contributed by atoms with Crippen LogP contribution in [0.15, 0.2) is 0 Å². The summed E-state index contributed by atoms with van der Waals surface area (Å²) in [5, 5.41) is 23.1. The molecule has 0 heterocycles. The molecule has 12 heteroatoms. The third-order valence-electron chi connectivity index (χ3n) is 3.04. The van der Waals surface area contributed by atoms with Gasteiger partial charge in [0.1, 0.15) is 23.3 Å². The van der Waals surface area contributed by atoms with E-state index in [0.717, 1.165) is 0 Å². The second-order valence-corrected chi connectivity index (χ2v) is 11.0. The molecule has 0 aromatic carbocycles. The second kappa shape index (κ2) is 12.8. The molecule has 10 nitrogen and oxygen atoms in total. The molecule has 0 aliphatic rings. The van der Waals surface area contributed by atoms with Gasteiger partial charge in [-0.3, -0.25) is 0 Å². The van der Waals surface area contributed by atoms with Gasteiger partial charge < -0.3 is 30.3 Å². The van der Waals surface area contributed by atoms with Crippen LogP contribution in [0, 0.1) is 0 Å². The van der Waals surface area contributed by atoms with E-state index < -0.39 is 47.4 Å². The van der Waals surface area contributed by atoms with Crippen LogP contribution in [-0.2, 0) is 19.1 Å². The van der Waals surface area contributed by atoms with E-state index in [1.165, 1.54) is 21.6 Å². The van der Waals surface area contributed by atoms with Crippen LogP contribution < -0.4 is 10.6 Å². The van der Waals surface area contributed by atoms with Crippen LogP contribution in [0.4, 0.5) is 9.59 Å². The quantitative estimate of drug-likeness (QED) is 0.263. The number of carbonyl (C=O) groups excluding carboxylic acids is 2. The van der Waals surface area contributed by atoms with Crippen molar-refractivity contribution in [1.29, 1.82) is 0 Å². The van der Waals surface area contributed by atoms with Crippen LogP contribution in [-0.4, -0.2) is 69.1 Å². The number of nitrogens with one attached hydrogen (secondary N) is 2. The molecule has 0 aliphatic carbocycles. The average Bonchev–Trinajstić information content (AvgIpc) is 2.51. The van der Waals surface area contributed by atoms with Crippen LogP contribution in [0.1, 0.15) is 54.4 Å². The van der Waals surface area contributed by atoms with Gasteiger partial charge in [0.15, 0.2) is 0 Å². The third kappa shape index (κ3) is 15.1. The number of hydrogen-bond donors (Lipinski definition) is 4. The van der Waals surface area contributed by atoms with E-state index >= 15 is 0 Å². The molecule has 0 spiro atoms. The van der Waals surface area contributed by atoms with Gasteiger partial charge in [-0.15, -0.1) is 0 Å². The maximum atomic E-state index is 11.7. The Morgan fingerprint density at radius 3 is 1.27 bits per heavy atom. The zero-order chi connectivity index (χ0) is 23.5. The highest BCUT2D eigenvalue weighted by Crippen LogP contribution is 2.24. The standard InChI is InChI=1S/C18H32N2O8S2/c1-17(2,3)27-15(25)19-11(13(21)22)7-9-29-30-10-8-12(14(23)24)20-16(26)28-18(4,5)6/h11-12H,7-10H2,1-6H3,(H,19,25)(H,20,26)(H,21,22)(H,23,24)/t11-,12-/m0/s1. The molecule has 2 atom stereocenters. The van der Waals surface area contributed by atoms with Crippen LogP contribution in [0.25, 0.3) is 0 Å². The van der Waals surface area contributed by atoms with Gasteiger partial charge in [-0.2, -0.15) is 0 Å². The molecule has 0 fully saturated rings. The minimum Gasteiger partial charge on any atom is -0.480 e. The van der Waals surface area contributed by atoms with Gasteiger partial charge in [-0.1, -0.05) is 21.6 Å². The summed E-state index contributed by atoms with van der Waals surface area (Å²) in [6, 6.07) is -2.18. The number of rotatable bonds is 11. The summed E-state index contributed by atoms with van der Waals surface area (Å²) >= 11 is 0. The fourth-order valence-corrected chi connectivity index (χ4v) is 4.05. The van der Waals surface area contributed by atoms with Crippen LogP contribution in [0.3, 0.4) is 0 Å². The summed E-state index contributed by atoms with van der Waals surface area (Å²) in [6.45, 7) is 10.1. The van der Waals surface area contributed by atoms with E-state index in [-0.39, 0.29) is 12.8 Å². The Morgan fingerprint density at radius 1 is 0.733 bits per heavy atom. The molecular formula is C18H32N2O8S2. The van der Waals surface area contributed by atoms with Gasteiger partial charge in [-0.05, 0) is 54.4 Å². The highest BCUT2D eigenvalue weighted by atomic mass is 33.1. The van der Waals surface area contributed by atoms with E-state index in [9.17, 15) is 29.4 Å². The molecule has 174 valence electrons. The first-order valence-electron chi connectivity index (χ1n) is 9.30. The smallest absolute Gasteiger partial charge is 0.408 e. The lowest BCUT2D eigenvalue weighted by molar-refractivity contribution is -0.140. The summed E-state index contributed by atoms with van der Waals surface area (Å²) in [5.41, 5.74) is -1.46. The predicted octanol–water partition coefficient (Wildman–Crippen LogP) is 3.10. The normalized spacial score (nSPS) is 13.7. The number of aliphatic carboxylic acids is 2. The minimum absolute atomic E-state index is 0.171. The Labute approximate surface area is 184 Å². The molecule has 0 aromatic heterocycles. The SMILES string of the molecule is CC(C)(C)OC(=O)N[C@@H](CCSSCC[C@H](NC(=O)OC(C)(C)C)C(=O)O)C(=O)O. The molecule has 4 N–H and O–H groups in total. The topological polar surface area (TPSA) is 151 Å². The van der Waals surface area contributed by atoms with Crippen molar-refractivity contribution in [3.63, 3.8) is 0 Å². The Kier molecular flexibility index (Phi) is 12.0. The lowest BCUT2D eigenvalue weighted by Crippen LogP contribution is -2.43. The minimum atomic E-state index is -1.17.